The number of aliphatic hydroxyl groups is 1. The van der Waals surface area contributed by atoms with Gasteiger partial charge in [-0.05, 0) is 72.3 Å². The van der Waals surface area contributed by atoms with Crippen LogP contribution in [0.3, 0.4) is 0 Å². The number of pyridine rings is 1. The first-order valence-corrected chi connectivity index (χ1v) is 23.8. The number of ether oxygens (including phenoxy) is 2. The number of aromatic hydroxyl groups is 1. The highest BCUT2D eigenvalue weighted by Gasteiger charge is 2.38. The maximum absolute atomic E-state index is 14.8. The molecule has 4 bridgehead atoms. The predicted molar refractivity (Wildman–Crippen MR) is 260 cm³/mol. The molecular formula is C46H59ClN10O12S. The van der Waals surface area contributed by atoms with Crippen LogP contribution in [0.1, 0.15) is 67.2 Å². The van der Waals surface area contributed by atoms with E-state index in [0.29, 0.717) is 23.2 Å². The van der Waals surface area contributed by atoms with Gasteiger partial charge in [-0.2, -0.15) is 13.1 Å². The molecule has 5 rings (SSSR count). The molecule has 0 aliphatic carbocycles. The second kappa shape index (κ2) is 22.9. The van der Waals surface area contributed by atoms with E-state index in [4.69, 9.17) is 43.4 Å². The van der Waals surface area contributed by atoms with Gasteiger partial charge in [-0.1, -0.05) is 62.7 Å². The minimum Gasteiger partial charge on any atom is -0.504 e. The smallest absolute Gasteiger partial charge is 0.326 e. The fourth-order valence-electron chi connectivity index (χ4n) is 7.35. The van der Waals surface area contributed by atoms with Gasteiger partial charge in [-0.3, -0.25) is 19.2 Å². The summed E-state index contributed by atoms with van der Waals surface area (Å²) in [6.07, 6.45) is -1.08. The highest BCUT2D eigenvalue weighted by Crippen LogP contribution is 2.45. The van der Waals surface area contributed by atoms with Crippen molar-refractivity contribution in [3.05, 3.63) is 88.1 Å². The van der Waals surface area contributed by atoms with E-state index >= 15 is 0 Å². The number of rotatable bonds is 17. The second-order valence-electron chi connectivity index (χ2n) is 17.6. The van der Waals surface area contributed by atoms with Crippen molar-refractivity contribution in [2.45, 2.75) is 76.2 Å². The van der Waals surface area contributed by atoms with Gasteiger partial charge < -0.3 is 62.8 Å². The number of phenols is 1. The van der Waals surface area contributed by atoms with E-state index in [1.54, 1.807) is 6.07 Å². The number of benzene rings is 3. The highest BCUT2D eigenvalue weighted by atomic mass is 35.5. The first-order valence-electron chi connectivity index (χ1n) is 21.9. The fraction of sp³-hybridized carbons (Fsp3) is 0.391. The number of nitrogen functional groups attached to an aromatic ring is 1. The molecule has 5 atom stereocenters. The van der Waals surface area contributed by atoms with E-state index in [0.717, 1.165) is 17.5 Å². The van der Waals surface area contributed by atoms with Gasteiger partial charge in [-0.25, -0.2) is 14.9 Å². The van der Waals surface area contributed by atoms with Gasteiger partial charge in [0.05, 0.1) is 17.9 Å². The lowest BCUT2D eigenvalue weighted by Crippen LogP contribution is -2.57. The van der Waals surface area contributed by atoms with Crippen LogP contribution in [0.4, 0.5) is 5.69 Å². The molecule has 0 saturated heterocycles. The molecule has 0 unspecified atom stereocenters. The monoisotopic (exact) mass is 1010 g/mol. The number of carboxylic acids is 1. The number of anilines is 1. The van der Waals surface area contributed by atoms with E-state index < -0.39 is 89.0 Å². The first kappa shape index (κ1) is 54.3. The van der Waals surface area contributed by atoms with E-state index in [2.05, 4.69) is 41.7 Å². The van der Waals surface area contributed by atoms with Crippen LogP contribution >= 0.6 is 11.6 Å². The number of likely N-dealkylation sites (N-methyl/N-ethyl adjacent to an activating group) is 1. The number of carboxylic acid groups (broad SMARTS) is 1. The Hall–Kier alpha value is -6.60. The van der Waals surface area contributed by atoms with Crippen LogP contribution < -0.4 is 52.5 Å². The number of hydrogen-bond donors (Lipinski definition) is 11. The molecule has 4 aromatic rings. The Kier molecular flexibility index (Phi) is 17.8. The minimum atomic E-state index is -4.54. The third kappa shape index (κ3) is 13.6. The van der Waals surface area contributed by atoms with Gasteiger partial charge >= 0.3 is 5.97 Å². The zero-order valence-electron chi connectivity index (χ0n) is 39.1. The molecule has 0 spiro atoms. The number of aliphatic hydroxyl groups excluding tert-OH is 1. The summed E-state index contributed by atoms with van der Waals surface area (Å²) in [6, 6.07) is 9.25. The van der Waals surface area contributed by atoms with Crippen LogP contribution in [0, 0.1) is 0 Å². The van der Waals surface area contributed by atoms with Gasteiger partial charge in [0.2, 0.25) is 17.7 Å². The summed E-state index contributed by atoms with van der Waals surface area (Å²) in [7, 11) is -3.41. The molecule has 0 saturated carbocycles. The maximum atomic E-state index is 14.8. The fourth-order valence-corrected chi connectivity index (χ4v) is 8.04. The summed E-state index contributed by atoms with van der Waals surface area (Å²) in [5.41, 5.74) is 19.4. The quantitative estimate of drug-likeness (QED) is 0.0515. The molecule has 1 aliphatic heterocycles. The van der Waals surface area contributed by atoms with E-state index in [1.807, 2.05) is 29.0 Å². The zero-order chi connectivity index (χ0) is 51.8. The number of carbonyl (C=O) groups is 5. The zero-order valence-corrected chi connectivity index (χ0v) is 40.7. The molecule has 70 heavy (non-hydrogen) atoms. The van der Waals surface area contributed by atoms with Crippen molar-refractivity contribution in [2.24, 2.45) is 16.6 Å². The van der Waals surface area contributed by atoms with Crippen LogP contribution in [0.5, 0.6) is 17.2 Å². The summed E-state index contributed by atoms with van der Waals surface area (Å²) in [6.45, 7) is 6.19. The molecular weight excluding hydrogens is 952 g/mol. The molecule has 378 valence electrons. The molecule has 4 amide bonds. The Morgan fingerprint density at radius 1 is 0.986 bits per heavy atom. The number of carbonyl (C=O) groups excluding carboxylic acids is 4. The average Bonchev–Trinajstić information content (AvgIpc) is 3.29. The SMILES string of the molecule is C[C@@H]1NC(=O)[C@@H](N(C)C(=O)[C@H](CNS(N)(=O)=O)NC(=O)c2c(N)cc(-c3ccc(C(C)(C)C)cc3)nc2Cl)c2cc(OC[C@H](O)CN)c(O)c(c2)-c2cc(ccc2OCCCN)C[C@@H](C(=O)O)NC1=O. The largest absolute Gasteiger partial charge is 0.504 e. The van der Waals surface area contributed by atoms with Crippen molar-refractivity contribution in [1.82, 2.24) is 30.6 Å². The molecule has 0 fully saturated rings. The first-order chi connectivity index (χ1) is 32.8. The Labute approximate surface area is 409 Å². The Morgan fingerprint density at radius 2 is 1.67 bits per heavy atom. The molecule has 0 radical (unpaired) electrons. The number of aromatic nitrogens is 1. The number of nitrogens with two attached hydrogens (primary N) is 4. The number of hydrogen-bond acceptors (Lipinski definition) is 15. The van der Waals surface area contributed by atoms with Crippen LogP contribution in [0.25, 0.3) is 22.4 Å². The number of halogens is 1. The molecule has 22 nitrogen and oxygen atoms in total. The molecule has 2 heterocycles. The molecule has 1 aromatic heterocycles. The van der Waals surface area contributed by atoms with E-state index in [9.17, 15) is 47.7 Å². The molecule has 24 heteroatoms. The van der Waals surface area contributed by atoms with Crippen molar-refractivity contribution in [3.8, 4) is 39.6 Å². The van der Waals surface area contributed by atoms with Gasteiger partial charge in [-0.15, -0.1) is 0 Å². The number of aliphatic carboxylic acids is 1. The summed E-state index contributed by atoms with van der Waals surface area (Å²) in [4.78, 5) is 74.8. The summed E-state index contributed by atoms with van der Waals surface area (Å²) < 4.78 is 38.4. The van der Waals surface area contributed by atoms with Gasteiger partial charge in [0.25, 0.3) is 16.1 Å². The van der Waals surface area contributed by atoms with Crippen LogP contribution in [-0.4, -0.2) is 127 Å². The number of amides is 4. The van der Waals surface area contributed by atoms with Crippen LogP contribution in [-0.2, 0) is 41.2 Å². The Bertz CT molecular complexity index is 2700. The van der Waals surface area contributed by atoms with E-state index in [-0.39, 0.29) is 76.1 Å². The lowest BCUT2D eigenvalue weighted by Gasteiger charge is -2.33. The standard InChI is InChI=1S/C46H59ClN10O12S/c1-23-41(60)55-33(45(64)65)16-24-7-12-35(68-14-6-13-48)29(15-24)30-17-26(18-36(39(30)59)69-22-28(58)20-49)38(43(62)53-23)57(5)44(63)34(21-52-70(51,66)67)56-42(61)37-31(50)19-32(54-40(37)47)25-8-10-27(11-9-25)46(2,3)4/h7-12,15,17-19,23,28,33-34,38,52,58-59H,6,13-14,16,20-22,48-49H2,1-5H3,(H2,50,54)(H,53,62)(H,55,60)(H,56,61)(H,64,65)(H2,51,66,67)/t23-,28+,33-,34-,38-/m0/s1. The molecule has 1 aliphatic rings. The number of nitrogens with zero attached hydrogens (tertiary/aromatic N) is 2. The lowest BCUT2D eigenvalue weighted by molar-refractivity contribution is -0.143. The third-order valence-corrected chi connectivity index (χ3v) is 12.1. The topological polar surface area (TPSA) is 367 Å². The van der Waals surface area contributed by atoms with Crippen molar-refractivity contribution in [1.29, 1.82) is 0 Å². The number of nitrogens with one attached hydrogen (secondary N) is 4. The summed E-state index contributed by atoms with van der Waals surface area (Å²) >= 11 is 6.58. The van der Waals surface area contributed by atoms with Crippen molar-refractivity contribution in [2.75, 3.05) is 45.6 Å². The van der Waals surface area contributed by atoms with Gasteiger partial charge in [0, 0.05) is 48.9 Å². The summed E-state index contributed by atoms with van der Waals surface area (Å²) in [5, 5.41) is 44.6. The van der Waals surface area contributed by atoms with Crippen LogP contribution in [0.15, 0.2) is 60.7 Å². The van der Waals surface area contributed by atoms with Crippen molar-refractivity contribution in [3.63, 3.8) is 0 Å². The number of phenolic OH excluding ortho intramolecular Hbond substituents is 1. The van der Waals surface area contributed by atoms with Crippen molar-refractivity contribution >= 4 is 57.1 Å². The van der Waals surface area contributed by atoms with Gasteiger partial charge in [0.1, 0.15) is 47.8 Å². The van der Waals surface area contributed by atoms with Crippen molar-refractivity contribution < 1.29 is 57.2 Å². The van der Waals surface area contributed by atoms with Gasteiger partial charge in [0.15, 0.2) is 11.5 Å². The normalized spacial score (nSPS) is 17.3. The second-order valence-corrected chi connectivity index (χ2v) is 19.4. The predicted octanol–water partition coefficient (Wildman–Crippen LogP) is 0.802. The average molecular weight is 1010 g/mol. The molecule has 15 N–H and O–H groups in total. The molecule has 3 aromatic carbocycles. The summed E-state index contributed by atoms with van der Waals surface area (Å²) in [5.74, 6) is -6.30. The van der Waals surface area contributed by atoms with E-state index in [1.165, 1.54) is 37.3 Å². The Morgan fingerprint density at radius 3 is 2.27 bits per heavy atom. The van der Waals surface area contributed by atoms with Crippen LogP contribution in [0.2, 0.25) is 5.15 Å². The minimum absolute atomic E-state index is 0.0639. The number of fused-ring (bicyclic) bond motifs is 5. The highest BCUT2D eigenvalue weighted by molar-refractivity contribution is 7.87. The Balaban J connectivity index is 1.66. The third-order valence-electron chi connectivity index (χ3n) is 11.2. The lowest BCUT2D eigenvalue weighted by atomic mass is 9.86. The maximum Gasteiger partial charge on any atom is 0.326 e.